The number of phenolic OH excluding ortho intramolecular Hbond substituents is 1. The van der Waals surface area contributed by atoms with E-state index in [1.807, 2.05) is 66.7 Å². The van der Waals surface area contributed by atoms with Gasteiger partial charge >= 0.3 is 0 Å². The minimum atomic E-state index is -0.0843. The lowest BCUT2D eigenvalue weighted by Crippen LogP contribution is -1.93. The van der Waals surface area contributed by atoms with Gasteiger partial charge in [0.05, 0.1) is 5.69 Å². The van der Waals surface area contributed by atoms with Gasteiger partial charge in [0.1, 0.15) is 5.75 Å². The molecule has 0 amide bonds. The van der Waals surface area contributed by atoms with Gasteiger partial charge in [-0.25, -0.2) is 0 Å². The maximum Gasteiger partial charge on any atom is 0.185 e. The smallest absolute Gasteiger partial charge is 0.185 e. The summed E-state index contributed by atoms with van der Waals surface area (Å²) in [7, 11) is 0. The van der Waals surface area contributed by atoms with Crippen LogP contribution in [0.2, 0.25) is 0 Å². The highest BCUT2D eigenvalue weighted by Crippen LogP contribution is 2.26. The summed E-state index contributed by atoms with van der Waals surface area (Å²) >= 11 is 0. The molecule has 3 heteroatoms. The maximum atomic E-state index is 12.5. The van der Waals surface area contributed by atoms with Crippen molar-refractivity contribution in [3.05, 3.63) is 114 Å². The Morgan fingerprint density at radius 1 is 0.828 bits per heavy atom. The molecule has 0 saturated carbocycles. The number of carbonyl (C=O) groups excluding carboxylic acids is 1. The molecule has 0 radical (unpaired) electrons. The number of carbonyl (C=O) groups is 1. The summed E-state index contributed by atoms with van der Waals surface area (Å²) in [5.74, 6) is 0.0874. The fourth-order valence-electron chi connectivity index (χ4n) is 3.13. The van der Waals surface area contributed by atoms with Crippen molar-refractivity contribution < 1.29 is 9.90 Å². The van der Waals surface area contributed by atoms with Crippen LogP contribution in [0.25, 0.3) is 16.8 Å². The molecule has 0 fully saturated rings. The van der Waals surface area contributed by atoms with Crippen molar-refractivity contribution >= 4 is 34.5 Å². The van der Waals surface area contributed by atoms with Crippen molar-refractivity contribution in [2.24, 2.45) is 4.99 Å². The zero-order chi connectivity index (χ0) is 20.1. The van der Waals surface area contributed by atoms with Crippen LogP contribution >= 0.6 is 0 Å². The van der Waals surface area contributed by atoms with Crippen molar-refractivity contribution in [3.63, 3.8) is 0 Å². The predicted octanol–water partition coefficient (Wildman–Crippen LogP) is 6.19. The van der Waals surface area contributed by atoms with Crippen LogP contribution in [0.1, 0.15) is 21.5 Å². The number of hydrogen-bond donors (Lipinski definition) is 1. The van der Waals surface area contributed by atoms with Gasteiger partial charge in [-0.3, -0.25) is 9.79 Å². The van der Waals surface area contributed by atoms with E-state index in [0.29, 0.717) is 16.8 Å². The first-order valence-corrected chi connectivity index (χ1v) is 9.33. The van der Waals surface area contributed by atoms with Crippen LogP contribution in [-0.4, -0.2) is 17.1 Å². The lowest BCUT2D eigenvalue weighted by atomic mass is 10.0. The van der Waals surface area contributed by atoms with Crippen LogP contribution in [-0.2, 0) is 0 Å². The van der Waals surface area contributed by atoms with Crippen LogP contribution in [0.15, 0.2) is 102 Å². The number of phenols is 1. The molecule has 0 unspecified atom stereocenters. The van der Waals surface area contributed by atoms with Gasteiger partial charge in [-0.05, 0) is 40.6 Å². The summed E-state index contributed by atoms with van der Waals surface area (Å²) in [6.45, 7) is 0. The number of rotatable bonds is 5. The SMILES string of the molecule is O=C(/C=C/c1ccccc1)c1cccc(N=Cc2c(O)ccc3ccccc23)c1. The molecule has 0 aliphatic rings. The molecule has 4 aromatic carbocycles. The van der Waals surface area contributed by atoms with Gasteiger partial charge in [0, 0.05) is 17.3 Å². The molecule has 3 nitrogen and oxygen atoms in total. The standard InChI is InChI=1S/C26H19NO2/c28-25(15-13-19-7-2-1-3-8-19)21-10-6-11-22(17-21)27-18-24-23-12-5-4-9-20(23)14-16-26(24)29/h1-18,29H/b15-13+,27-18?. The quantitative estimate of drug-likeness (QED) is 0.256. The molecular weight excluding hydrogens is 358 g/mol. The Morgan fingerprint density at radius 2 is 1.62 bits per heavy atom. The van der Waals surface area contributed by atoms with E-state index in [0.717, 1.165) is 16.3 Å². The fourth-order valence-corrected chi connectivity index (χ4v) is 3.13. The van der Waals surface area contributed by atoms with Crippen LogP contribution in [0.3, 0.4) is 0 Å². The van der Waals surface area contributed by atoms with Gasteiger partial charge in [-0.15, -0.1) is 0 Å². The summed E-state index contributed by atoms with van der Waals surface area (Å²) in [6.07, 6.45) is 5.00. The minimum absolute atomic E-state index is 0.0843. The van der Waals surface area contributed by atoms with Crippen LogP contribution < -0.4 is 0 Å². The van der Waals surface area contributed by atoms with Crippen molar-refractivity contribution in [1.29, 1.82) is 0 Å². The average Bonchev–Trinajstić information content (AvgIpc) is 2.77. The molecule has 140 valence electrons. The predicted molar refractivity (Wildman–Crippen MR) is 119 cm³/mol. The highest BCUT2D eigenvalue weighted by atomic mass is 16.3. The molecule has 4 aromatic rings. The molecule has 0 atom stereocenters. The molecule has 4 rings (SSSR count). The van der Waals surface area contributed by atoms with Gasteiger partial charge in [-0.1, -0.05) is 78.9 Å². The number of nitrogens with zero attached hydrogens (tertiary/aromatic N) is 1. The topological polar surface area (TPSA) is 49.7 Å². The second-order valence-electron chi connectivity index (χ2n) is 6.64. The molecule has 1 N–H and O–H groups in total. The number of allylic oxidation sites excluding steroid dienone is 1. The summed E-state index contributed by atoms with van der Waals surface area (Å²) < 4.78 is 0. The lowest BCUT2D eigenvalue weighted by Gasteiger charge is -2.05. The zero-order valence-corrected chi connectivity index (χ0v) is 15.7. The van der Waals surface area contributed by atoms with Crippen molar-refractivity contribution in [2.45, 2.75) is 0 Å². The van der Waals surface area contributed by atoms with Gasteiger partial charge < -0.3 is 5.11 Å². The van der Waals surface area contributed by atoms with E-state index in [2.05, 4.69) is 4.99 Å². The van der Waals surface area contributed by atoms with Crippen LogP contribution in [0.4, 0.5) is 5.69 Å². The first-order chi connectivity index (χ1) is 14.2. The second kappa shape index (κ2) is 8.36. The minimum Gasteiger partial charge on any atom is -0.507 e. The highest BCUT2D eigenvalue weighted by molar-refractivity contribution is 6.07. The summed E-state index contributed by atoms with van der Waals surface area (Å²) in [5.41, 5.74) is 2.84. The Hall–Kier alpha value is -3.98. The summed E-state index contributed by atoms with van der Waals surface area (Å²) in [4.78, 5) is 17.0. The molecule has 0 aliphatic heterocycles. The molecule has 29 heavy (non-hydrogen) atoms. The Bertz CT molecular complexity index is 1220. The largest absolute Gasteiger partial charge is 0.507 e. The first-order valence-electron chi connectivity index (χ1n) is 9.33. The third-order valence-corrected chi connectivity index (χ3v) is 4.65. The van der Waals surface area contributed by atoms with Crippen LogP contribution in [0.5, 0.6) is 5.75 Å². The number of aliphatic imine (C=N–C) groups is 1. The van der Waals surface area contributed by atoms with E-state index >= 15 is 0 Å². The van der Waals surface area contributed by atoms with Gasteiger partial charge in [-0.2, -0.15) is 0 Å². The third kappa shape index (κ3) is 4.30. The van der Waals surface area contributed by atoms with Crippen molar-refractivity contribution in [2.75, 3.05) is 0 Å². The normalized spacial score (nSPS) is 11.4. The Morgan fingerprint density at radius 3 is 2.48 bits per heavy atom. The van der Waals surface area contributed by atoms with E-state index in [4.69, 9.17) is 0 Å². The van der Waals surface area contributed by atoms with Gasteiger partial charge in [0.15, 0.2) is 5.78 Å². The number of hydrogen-bond acceptors (Lipinski definition) is 3. The average molecular weight is 377 g/mol. The molecule has 0 saturated heterocycles. The lowest BCUT2D eigenvalue weighted by molar-refractivity contribution is 0.104. The molecule has 0 heterocycles. The fraction of sp³-hybridized carbons (Fsp3) is 0. The first kappa shape index (κ1) is 18.4. The Balaban J connectivity index is 1.59. The monoisotopic (exact) mass is 377 g/mol. The molecule has 0 aromatic heterocycles. The van der Waals surface area contributed by atoms with E-state index in [1.54, 1.807) is 42.6 Å². The van der Waals surface area contributed by atoms with Crippen molar-refractivity contribution in [1.82, 2.24) is 0 Å². The number of aromatic hydroxyl groups is 1. The second-order valence-corrected chi connectivity index (χ2v) is 6.64. The number of fused-ring (bicyclic) bond motifs is 1. The van der Waals surface area contributed by atoms with Gasteiger partial charge in [0.25, 0.3) is 0 Å². The van der Waals surface area contributed by atoms with E-state index in [-0.39, 0.29) is 11.5 Å². The summed E-state index contributed by atoms with van der Waals surface area (Å²) in [5, 5.41) is 12.2. The number of ketones is 1. The highest BCUT2D eigenvalue weighted by Gasteiger charge is 2.05. The van der Waals surface area contributed by atoms with E-state index < -0.39 is 0 Å². The molecule has 0 aliphatic carbocycles. The molecule has 0 bridgehead atoms. The molecule has 0 spiro atoms. The van der Waals surface area contributed by atoms with E-state index in [1.165, 1.54) is 0 Å². The van der Waals surface area contributed by atoms with Crippen LogP contribution in [0, 0.1) is 0 Å². The Kier molecular flexibility index (Phi) is 5.30. The Labute approximate surface area is 169 Å². The summed E-state index contributed by atoms with van der Waals surface area (Å²) in [6, 6.07) is 28.2. The maximum absolute atomic E-state index is 12.5. The third-order valence-electron chi connectivity index (χ3n) is 4.65. The van der Waals surface area contributed by atoms with Gasteiger partial charge in [0.2, 0.25) is 0 Å². The molecular formula is C26H19NO2. The van der Waals surface area contributed by atoms with E-state index in [9.17, 15) is 9.90 Å². The number of benzene rings is 4. The zero-order valence-electron chi connectivity index (χ0n) is 15.7. The van der Waals surface area contributed by atoms with Crippen molar-refractivity contribution in [3.8, 4) is 5.75 Å².